The normalized spacial score (nSPS) is 12.6. The fourth-order valence-electron chi connectivity index (χ4n) is 3.91. The van der Waals surface area contributed by atoms with Crippen molar-refractivity contribution in [2.75, 3.05) is 18.6 Å². The monoisotopic (exact) mass is 412 g/mol. The van der Waals surface area contributed by atoms with E-state index in [1.165, 1.54) is 4.68 Å². The number of ether oxygens (including phenoxy) is 1. The maximum absolute atomic E-state index is 13.3. The third-order valence-corrected chi connectivity index (χ3v) is 5.48. The predicted molar refractivity (Wildman–Crippen MR) is 118 cm³/mol. The molecule has 1 amide bonds. The fourth-order valence-corrected chi connectivity index (χ4v) is 3.91. The molecule has 0 unspecified atom stereocenters. The lowest BCUT2D eigenvalue weighted by Gasteiger charge is -2.21. The zero-order valence-corrected chi connectivity index (χ0v) is 16.9. The Kier molecular flexibility index (Phi) is 4.63. The average Bonchev–Trinajstić information content (AvgIpc) is 3.06. The van der Waals surface area contributed by atoms with Crippen molar-refractivity contribution in [1.29, 1.82) is 0 Å². The summed E-state index contributed by atoms with van der Waals surface area (Å²) in [5.41, 5.74) is 3.20. The van der Waals surface area contributed by atoms with E-state index in [1.54, 1.807) is 30.3 Å². The number of carbonyl (C=O) groups is 1. The van der Waals surface area contributed by atoms with Crippen LogP contribution in [0.5, 0.6) is 5.75 Å². The van der Waals surface area contributed by atoms with Gasteiger partial charge in [0, 0.05) is 29.4 Å². The van der Waals surface area contributed by atoms with Crippen LogP contribution in [0.2, 0.25) is 0 Å². The number of pyridine rings is 1. The van der Waals surface area contributed by atoms with Gasteiger partial charge < -0.3 is 4.74 Å². The van der Waals surface area contributed by atoms with E-state index in [-0.39, 0.29) is 11.5 Å². The summed E-state index contributed by atoms with van der Waals surface area (Å²) in [5.74, 6) is 1.12. The number of nitrogens with zero attached hydrogens (tertiary/aromatic N) is 3. The van der Waals surface area contributed by atoms with Gasteiger partial charge in [-0.3, -0.25) is 19.6 Å². The van der Waals surface area contributed by atoms with E-state index in [4.69, 9.17) is 4.74 Å². The van der Waals surface area contributed by atoms with Crippen LogP contribution in [0.4, 0.5) is 5.82 Å². The quantitative estimate of drug-likeness (QED) is 0.559. The summed E-state index contributed by atoms with van der Waals surface area (Å²) in [5, 5.41) is 3.24. The summed E-state index contributed by atoms with van der Waals surface area (Å²) in [4.78, 5) is 32.6. The van der Waals surface area contributed by atoms with Gasteiger partial charge in [0.25, 0.3) is 11.5 Å². The Labute approximate surface area is 178 Å². The molecule has 3 heterocycles. The topological polar surface area (TPSA) is 80.2 Å². The molecule has 0 spiro atoms. The Morgan fingerprint density at radius 3 is 2.55 bits per heavy atom. The van der Waals surface area contributed by atoms with Crippen molar-refractivity contribution in [1.82, 2.24) is 14.8 Å². The van der Waals surface area contributed by atoms with Gasteiger partial charge in [-0.25, -0.2) is 9.67 Å². The number of hydrogen-bond donors (Lipinski definition) is 1. The number of hydrogen-bond acceptors (Lipinski definition) is 4. The van der Waals surface area contributed by atoms with Gasteiger partial charge in [0.15, 0.2) is 0 Å². The summed E-state index contributed by atoms with van der Waals surface area (Å²) in [6, 6.07) is 20.1. The number of aromatic amines is 1. The number of anilines is 1. The largest absolute Gasteiger partial charge is 0.497 e. The van der Waals surface area contributed by atoms with E-state index in [9.17, 15) is 9.59 Å². The molecule has 7 heteroatoms. The Morgan fingerprint density at radius 2 is 1.81 bits per heavy atom. The number of carbonyl (C=O) groups excluding carboxylic acids is 1. The minimum atomic E-state index is -0.138. The fraction of sp³-hybridized carbons (Fsp3) is 0.125. The zero-order chi connectivity index (χ0) is 21.4. The van der Waals surface area contributed by atoms with E-state index in [1.807, 2.05) is 54.6 Å². The summed E-state index contributed by atoms with van der Waals surface area (Å²) in [7, 11) is 1.60. The molecule has 0 atom stereocenters. The van der Waals surface area contributed by atoms with Crippen LogP contribution in [0.15, 0.2) is 77.7 Å². The molecule has 7 nitrogen and oxygen atoms in total. The minimum absolute atomic E-state index is 0.135. The van der Waals surface area contributed by atoms with Crippen LogP contribution < -0.4 is 15.2 Å². The molecule has 0 radical (unpaired) electrons. The summed E-state index contributed by atoms with van der Waals surface area (Å²) >= 11 is 0. The molecule has 0 aliphatic carbocycles. The van der Waals surface area contributed by atoms with Gasteiger partial charge in [0.2, 0.25) is 0 Å². The van der Waals surface area contributed by atoms with Crippen LogP contribution in [0.1, 0.15) is 15.9 Å². The molecule has 5 rings (SSSR count). The van der Waals surface area contributed by atoms with Gasteiger partial charge in [-0.15, -0.1) is 0 Å². The van der Waals surface area contributed by atoms with Crippen LogP contribution >= 0.6 is 0 Å². The lowest BCUT2D eigenvalue weighted by atomic mass is 10.1. The average molecular weight is 412 g/mol. The molecule has 0 saturated heterocycles. The van der Waals surface area contributed by atoms with Crippen LogP contribution in [0, 0.1) is 0 Å². The van der Waals surface area contributed by atoms with Crippen molar-refractivity contribution in [3.63, 3.8) is 0 Å². The van der Waals surface area contributed by atoms with E-state index < -0.39 is 0 Å². The highest BCUT2D eigenvalue weighted by Crippen LogP contribution is 2.33. The SMILES string of the molecule is COc1ccc(-n2[nH]c3c(c2=O)CCN(C(=O)c2ccccc2)c2ncccc2-3)cc1. The van der Waals surface area contributed by atoms with Crippen LogP contribution in [0.25, 0.3) is 16.9 Å². The number of methoxy groups -OCH3 is 1. The van der Waals surface area contributed by atoms with Gasteiger partial charge >= 0.3 is 0 Å². The second kappa shape index (κ2) is 7.60. The lowest BCUT2D eigenvalue weighted by molar-refractivity contribution is 0.0986. The number of aromatic nitrogens is 3. The number of rotatable bonds is 3. The lowest BCUT2D eigenvalue weighted by Crippen LogP contribution is -2.34. The summed E-state index contributed by atoms with van der Waals surface area (Å²) < 4.78 is 6.73. The third-order valence-electron chi connectivity index (χ3n) is 5.48. The van der Waals surface area contributed by atoms with Crippen LogP contribution in [-0.4, -0.2) is 34.3 Å². The Morgan fingerprint density at radius 1 is 1.03 bits per heavy atom. The van der Waals surface area contributed by atoms with E-state index in [2.05, 4.69) is 10.1 Å². The van der Waals surface area contributed by atoms with Crippen LogP contribution in [-0.2, 0) is 6.42 Å². The number of nitrogens with one attached hydrogen (secondary N) is 1. The first-order valence-electron chi connectivity index (χ1n) is 9.98. The Hall–Kier alpha value is -4.13. The molecular formula is C24H20N4O3. The highest BCUT2D eigenvalue weighted by Gasteiger charge is 2.29. The van der Waals surface area contributed by atoms with Crippen molar-refractivity contribution in [2.24, 2.45) is 0 Å². The van der Waals surface area contributed by atoms with E-state index >= 15 is 0 Å². The van der Waals surface area contributed by atoms with Crippen molar-refractivity contribution in [2.45, 2.75) is 6.42 Å². The highest BCUT2D eigenvalue weighted by atomic mass is 16.5. The first-order chi connectivity index (χ1) is 15.2. The van der Waals surface area contributed by atoms with Crippen molar-refractivity contribution in [3.8, 4) is 22.7 Å². The van der Waals surface area contributed by atoms with Gasteiger partial charge in [-0.2, -0.15) is 0 Å². The third kappa shape index (κ3) is 3.20. The molecule has 0 fully saturated rings. The minimum Gasteiger partial charge on any atom is -0.497 e. The molecular weight excluding hydrogens is 392 g/mol. The van der Waals surface area contributed by atoms with Crippen molar-refractivity contribution in [3.05, 3.63) is 94.4 Å². The molecule has 2 aromatic carbocycles. The molecule has 31 heavy (non-hydrogen) atoms. The van der Waals surface area contributed by atoms with Crippen molar-refractivity contribution >= 4 is 11.7 Å². The zero-order valence-electron chi connectivity index (χ0n) is 16.9. The Bertz CT molecular complexity index is 1310. The number of fused-ring (bicyclic) bond motifs is 3. The molecule has 0 saturated carbocycles. The number of amides is 1. The van der Waals surface area contributed by atoms with Gasteiger partial charge in [-0.1, -0.05) is 18.2 Å². The molecule has 0 bridgehead atoms. The maximum Gasteiger partial charge on any atom is 0.275 e. The summed E-state index contributed by atoms with van der Waals surface area (Å²) in [6.45, 7) is 0.362. The van der Waals surface area contributed by atoms with Crippen LogP contribution in [0.3, 0.4) is 0 Å². The van der Waals surface area contributed by atoms with Crippen molar-refractivity contribution < 1.29 is 9.53 Å². The maximum atomic E-state index is 13.3. The van der Waals surface area contributed by atoms with Gasteiger partial charge in [-0.05, 0) is 55.0 Å². The molecule has 1 aliphatic rings. The number of benzene rings is 2. The summed E-state index contributed by atoms with van der Waals surface area (Å²) in [6.07, 6.45) is 2.08. The van der Waals surface area contributed by atoms with Gasteiger partial charge in [0.1, 0.15) is 11.6 Å². The highest BCUT2D eigenvalue weighted by molar-refractivity contribution is 6.07. The second-order valence-electron chi connectivity index (χ2n) is 7.25. The van der Waals surface area contributed by atoms with E-state index in [0.717, 1.165) is 11.3 Å². The molecule has 4 aromatic rings. The standard InChI is InChI=1S/C24H20N4O3/c1-31-18-11-9-17(10-12-18)28-24(30)20-13-15-27(23(29)16-6-3-2-4-7-16)22-19(21(20)26-28)8-5-14-25-22/h2-12,14,26H,13,15H2,1H3. The first-order valence-corrected chi connectivity index (χ1v) is 9.98. The smallest absolute Gasteiger partial charge is 0.275 e. The first kappa shape index (κ1) is 18.9. The second-order valence-corrected chi connectivity index (χ2v) is 7.25. The van der Waals surface area contributed by atoms with E-state index in [0.29, 0.717) is 41.3 Å². The molecule has 1 aliphatic heterocycles. The predicted octanol–water partition coefficient (Wildman–Crippen LogP) is 3.44. The molecule has 154 valence electrons. The Balaban J connectivity index is 1.61. The molecule has 1 N–H and O–H groups in total. The van der Waals surface area contributed by atoms with Gasteiger partial charge in [0.05, 0.1) is 18.5 Å². The molecule has 2 aromatic heterocycles. The number of H-pyrrole nitrogens is 1.